The summed E-state index contributed by atoms with van der Waals surface area (Å²) in [6.45, 7) is 3.49. The van der Waals surface area contributed by atoms with Crippen LogP contribution in [-0.2, 0) is 4.79 Å². The first-order valence-corrected chi connectivity index (χ1v) is 8.49. The molecule has 2 aromatic rings. The molecule has 1 fully saturated rings. The van der Waals surface area contributed by atoms with Gasteiger partial charge < -0.3 is 15.1 Å². The summed E-state index contributed by atoms with van der Waals surface area (Å²) in [5.41, 5.74) is 0.710. The molecule has 1 saturated heterocycles. The van der Waals surface area contributed by atoms with Gasteiger partial charge in [0, 0.05) is 32.4 Å². The highest BCUT2D eigenvalue weighted by Gasteiger charge is 2.23. The van der Waals surface area contributed by atoms with Gasteiger partial charge in [-0.3, -0.25) is 4.79 Å². The van der Waals surface area contributed by atoms with Crippen LogP contribution in [0.1, 0.15) is 0 Å². The number of anilines is 3. The van der Waals surface area contributed by atoms with Crippen LogP contribution in [0.25, 0.3) is 0 Å². The predicted octanol–water partition coefficient (Wildman–Crippen LogP) is 1.24. The summed E-state index contributed by atoms with van der Waals surface area (Å²) in [6, 6.07) is 5.97. The van der Waals surface area contributed by atoms with E-state index in [9.17, 15) is 4.79 Å². The van der Waals surface area contributed by atoms with Gasteiger partial charge in [0.05, 0.1) is 17.6 Å². The number of hydrogen-bond acceptors (Lipinski definition) is 7. The van der Waals surface area contributed by atoms with Crippen LogP contribution in [0.4, 0.5) is 17.5 Å². The number of aromatic nitrogens is 3. The summed E-state index contributed by atoms with van der Waals surface area (Å²) in [5, 5.41) is 3.65. The van der Waals surface area contributed by atoms with Crippen molar-refractivity contribution in [3.8, 4) is 0 Å². The van der Waals surface area contributed by atoms with Gasteiger partial charge in [-0.1, -0.05) is 17.8 Å². The molecule has 2 aliphatic heterocycles. The number of nitrogens with one attached hydrogen (secondary N) is 1. The third-order valence-electron chi connectivity index (χ3n) is 3.89. The third kappa shape index (κ3) is 2.94. The van der Waals surface area contributed by atoms with E-state index in [1.807, 2.05) is 24.4 Å². The molecule has 2 aliphatic rings. The van der Waals surface area contributed by atoms with Crippen molar-refractivity contribution >= 4 is 35.1 Å². The monoisotopic (exact) mass is 328 g/mol. The summed E-state index contributed by atoms with van der Waals surface area (Å²) in [6.07, 6.45) is 3.52. The van der Waals surface area contributed by atoms with Crippen molar-refractivity contribution in [1.82, 2.24) is 15.0 Å². The Bertz CT molecular complexity index is 717. The highest BCUT2D eigenvalue weighted by Crippen LogP contribution is 2.30. The van der Waals surface area contributed by atoms with Crippen molar-refractivity contribution in [3.63, 3.8) is 0 Å². The number of nitrogens with zero attached hydrogens (tertiary/aromatic N) is 5. The third-order valence-corrected chi connectivity index (χ3v) is 4.88. The zero-order chi connectivity index (χ0) is 15.6. The van der Waals surface area contributed by atoms with Gasteiger partial charge >= 0.3 is 0 Å². The highest BCUT2D eigenvalue weighted by atomic mass is 32.2. The lowest BCUT2D eigenvalue weighted by molar-refractivity contribution is -0.113. The van der Waals surface area contributed by atoms with Gasteiger partial charge in [0.2, 0.25) is 11.9 Å². The maximum Gasteiger partial charge on any atom is 0.234 e. The molecule has 0 bridgehead atoms. The fourth-order valence-corrected chi connectivity index (χ4v) is 3.45. The van der Waals surface area contributed by atoms with E-state index in [0.29, 0.717) is 11.4 Å². The Labute approximate surface area is 138 Å². The molecule has 8 heteroatoms. The summed E-state index contributed by atoms with van der Waals surface area (Å²) in [5.74, 6) is 2.16. The van der Waals surface area contributed by atoms with E-state index in [-0.39, 0.29) is 5.91 Å². The standard InChI is InChI=1S/C15H16N6OS/c22-13-10-23-14-11(18-13)9-17-15(19-14)21-7-5-20(6-8-21)12-3-1-2-4-16-12/h1-4,9H,5-8,10H2,(H,18,22). The van der Waals surface area contributed by atoms with Crippen molar-refractivity contribution in [1.29, 1.82) is 0 Å². The first kappa shape index (κ1) is 14.3. The van der Waals surface area contributed by atoms with Gasteiger partial charge in [-0.05, 0) is 12.1 Å². The van der Waals surface area contributed by atoms with Crippen molar-refractivity contribution in [2.45, 2.75) is 5.03 Å². The van der Waals surface area contributed by atoms with Crippen molar-refractivity contribution in [3.05, 3.63) is 30.6 Å². The van der Waals surface area contributed by atoms with Gasteiger partial charge in [0.15, 0.2) is 0 Å². The molecule has 4 heterocycles. The molecule has 0 radical (unpaired) electrons. The molecule has 0 unspecified atom stereocenters. The minimum Gasteiger partial charge on any atom is -0.353 e. The first-order valence-electron chi connectivity index (χ1n) is 7.50. The molecule has 0 aliphatic carbocycles. The topological polar surface area (TPSA) is 74.2 Å². The molecule has 4 rings (SSSR count). The van der Waals surface area contributed by atoms with Crippen LogP contribution < -0.4 is 15.1 Å². The van der Waals surface area contributed by atoms with Crippen LogP contribution in [0.15, 0.2) is 35.6 Å². The molecule has 2 aromatic heterocycles. The number of thioether (sulfide) groups is 1. The van der Waals surface area contributed by atoms with Crippen LogP contribution in [0, 0.1) is 0 Å². The second kappa shape index (κ2) is 6.04. The lowest BCUT2D eigenvalue weighted by Crippen LogP contribution is -2.47. The Kier molecular flexibility index (Phi) is 3.74. The van der Waals surface area contributed by atoms with Gasteiger partial charge in [0.1, 0.15) is 10.8 Å². The zero-order valence-corrected chi connectivity index (χ0v) is 13.3. The lowest BCUT2D eigenvalue weighted by Gasteiger charge is -2.35. The average molecular weight is 328 g/mol. The number of amides is 1. The minimum absolute atomic E-state index is 0.00262. The Hall–Kier alpha value is -2.35. The molecule has 23 heavy (non-hydrogen) atoms. The minimum atomic E-state index is 0.00262. The zero-order valence-electron chi connectivity index (χ0n) is 12.5. The molecule has 7 nitrogen and oxygen atoms in total. The number of pyridine rings is 1. The van der Waals surface area contributed by atoms with Gasteiger partial charge in [0.25, 0.3) is 0 Å². The summed E-state index contributed by atoms with van der Waals surface area (Å²) in [7, 11) is 0. The Balaban J connectivity index is 1.45. The van der Waals surface area contributed by atoms with E-state index >= 15 is 0 Å². The van der Waals surface area contributed by atoms with Crippen molar-refractivity contribution < 1.29 is 4.79 Å². The second-order valence-corrected chi connectivity index (χ2v) is 6.35. The van der Waals surface area contributed by atoms with Gasteiger partial charge in [-0.2, -0.15) is 0 Å². The number of hydrogen-bond donors (Lipinski definition) is 1. The number of carbonyl (C=O) groups is 1. The van der Waals surface area contributed by atoms with E-state index in [1.165, 1.54) is 11.8 Å². The SMILES string of the molecule is O=C1CSc2nc(N3CCN(c4ccccn4)CC3)ncc2N1. The van der Waals surface area contributed by atoms with E-state index in [4.69, 9.17) is 0 Å². The van der Waals surface area contributed by atoms with Gasteiger partial charge in [-0.15, -0.1) is 0 Å². The van der Waals surface area contributed by atoms with Gasteiger partial charge in [-0.25, -0.2) is 15.0 Å². The Morgan fingerprint density at radius 3 is 2.70 bits per heavy atom. The highest BCUT2D eigenvalue weighted by molar-refractivity contribution is 8.00. The van der Waals surface area contributed by atoms with Crippen LogP contribution in [0.2, 0.25) is 0 Å². The fraction of sp³-hybridized carbons (Fsp3) is 0.333. The first-order chi connectivity index (χ1) is 11.3. The molecule has 118 valence electrons. The molecule has 0 saturated carbocycles. The summed E-state index contributed by atoms with van der Waals surface area (Å²) in [4.78, 5) is 29.2. The number of piperazine rings is 1. The quantitative estimate of drug-likeness (QED) is 0.831. The lowest BCUT2D eigenvalue weighted by atomic mass is 10.3. The van der Waals surface area contributed by atoms with Crippen LogP contribution in [0.5, 0.6) is 0 Å². The molecule has 1 N–H and O–H groups in total. The molecule has 0 aromatic carbocycles. The maximum atomic E-state index is 11.4. The molecule has 0 spiro atoms. The van der Waals surface area contributed by atoms with E-state index < -0.39 is 0 Å². The van der Waals surface area contributed by atoms with Crippen molar-refractivity contribution in [2.24, 2.45) is 0 Å². The second-order valence-electron chi connectivity index (χ2n) is 5.39. The molecule has 0 atom stereocenters. The number of fused-ring (bicyclic) bond motifs is 1. The number of rotatable bonds is 2. The molecular formula is C15H16N6OS. The smallest absolute Gasteiger partial charge is 0.234 e. The molecule has 1 amide bonds. The van der Waals surface area contributed by atoms with Crippen molar-refractivity contribution in [2.75, 3.05) is 47.0 Å². The Morgan fingerprint density at radius 2 is 1.91 bits per heavy atom. The normalized spacial score (nSPS) is 17.7. The summed E-state index contributed by atoms with van der Waals surface area (Å²) < 4.78 is 0. The van der Waals surface area contributed by atoms with E-state index in [0.717, 1.165) is 43.0 Å². The van der Waals surface area contributed by atoms with Crippen LogP contribution in [0.3, 0.4) is 0 Å². The fourth-order valence-electron chi connectivity index (χ4n) is 2.70. The largest absolute Gasteiger partial charge is 0.353 e. The Morgan fingerprint density at radius 1 is 1.09 bits per heavy atom. The molecular weight excluding hydrogens is 312 g/mol. The van der Waals surface area contributed by atoms with E-state index in [1.54, 1.807) is 6.20 Å². The summed E-state index contributed by atoms with van der Waals surface area (Å²) >= 11 is 1.46. The maximum absolute atomic E-state index is 11.4. The number of carbonyl (C=O) groups excluding carboxylic acids is 1. The van der Waals surface area contributed by atoms with Crippen LogP contribution >= 0.6 is 11.8 Å². The van der Waals surface area contributed by atoms with E-state index in [2.05, 4.69) is 30.1 Å². The van der Waals surface area contributed by atoms with Crippen LogP contribution in [-0.4, -0.2) is 52.8 Å². The average Bonchev–Trinajstić information content (AvgIpc) is 2.62. The predicted molar refractivity (Wildman–Crippen MR) is 90.0 cm³/mol.